The average molecular weight is 453 g/mol. The molecule has 11 heteroatoms. The van der Waals surface area contributed by atoms with Crippen molar-refractivity contribution in [1.29, 1.82) is 0 Å². The third kappa shape index (κ3) is 3.26. The molecule has 0 bridgehead atoms. The highest BCUT2D eigenvalue weighted by Gasteiger charge is 2.55. The van der Waals surface area contributed by atoms with Gasteiger partial charge in [0, 0.05) is 37.2 Å². The molecular weight excluding hydrogens is 429 g/mol. The molecule has 1 amide bonds. The smallest absolute Gasteiger partial charge is 0.274 e. The number of carbonyl (C=O) groups is 1. The minimum absolute atomic E-state index is 0.130. The molecule has 6 rings (SSSR count). The quantitative estimate of drug-likeness (QED) is 0.521. The second-order valence-electron chi connectivity index (χ2n) is 8.86. The maximum atomic E-state index is 13.6. The zero-order valence-corrected chi connectivity index (χ0v) is 18.0. The summed E-state index contributed by atoms with van der Waals surface area (Å²) < 4.78 is 22.3. The van der Waals surface area contributed by atoms with E-state index in [1.54, 1.807) is 23.7 Å². The van der Waals surface area contributed by atoms with Crippen LogP contribution in [-0.2, 0) is 4.74 Å². The van der Waals surface area contributed by atoms with Crippen LogP contribution in [0.2, 0.25) is 0 Å². The highest BCUT2D eigenvalue weighted by molar-refractivity contribution is 6.00. The van der Waals surface area contributed by atoms with Crippen LogP contribution in [0, 0.1) is 11.8 Å². The summed E-state index contributed by atoms with van der Waals surface area (Å²) in [6, 6.07) is 4.95. The van der Waals surface area contributed by atoms with Crippen molar-refractivity contribution in [3.63, 3.8) is 0 Å². The lowest BCUT2D eigenvalue weighted by atomic mass is 9.90. The fraction of sp³-hybridized carbons (Fsp3) is 0.455. The molecule has 0 aromatic carbocycles. The Balaban J connectivity index is 1.31. The van der Waals surface area contributed by atoms with Crippen molar-refractivity contribution in [2.24, 2.45) is 11.8 Å². The average Bonchev–Trinajstić information content (AvgIpc) is 3.15. The van der Waals surface area contributed by atoms with Gasteiger partial charge in [0.25, 0.3) is 11.5 Å². The minimum Gasteiger partial charge on any atom is -0.381 e. The first-order valence-corrected chi connectivity index (χ1v) is 11.1. The summed E-state index contributed by atoms with van der Waals surface area (Å²) in [7, 11) is 1.73. The Kier molecular flexibility index (Phi) is 4.61. The van der Waals surface area contributed by atoms with Gasteiger partial charge in [-0.05, 0) is 25.0 Å². The number of rotatable bonds is 6. The molecule has 33 heavy (non-hydrogen) atoms. The molecule has 0 radical (unpaired) electrons. The molecule has 0 spiro atoms. The molecule has 3 unspecified atom stereocenters. The number of nitrogens with one attached hydrogen (secondary N) is 3. The molecule has 3 N–H and O–H groups in total. The lowest BCUT2D eigenvalue weighted by Crippen LogP contribution is -2.48. The normalized spacial score (nSPS) is 27.6. The van der Waals surface area contributed by atoms with Crippen molar-refractivity contribution in [2.75, 3.05) is 30.9 Å². The van der Waals surface area contributed by atoms with E-state index in [0.717, 1.165) is 0 Å². The Hall–Kier alpha value is -3.47. The molecule has 10 nitrogen and oxygen atoms in total. The molecule has 3 aliphatic rings. The Bertz CT molecular complexity index is 1290. The Morgan fingerprint density at radius 1 is 1.27 bits per heavy atom. The predicted molar refractivity (Wildman–Crippen MR) is 119 cm³/mol. The van der Waals surface area contributed by atoms with Crippen LogP contribution in [0.1, 0.15) is 29.2 Å². The van der Waals surface area contributed by atoms with E-state index in [2.05, 4.69) is 26.0 Å². The maximum absolute atomic E-state index is 13.6. The number of fused-ring (bicyclic) bond motifs is 2. The molecule has 3 aromatic rings. The summed E-state index contributed by atoms with van der Waals surface area (Å²) in [6.45, 7) is 1.39. The lowest BCUT2D eigenvalue weighted by Gasteiger charge is -2.30. The third-order valence-electron chi connectivity index (χ3n) is 6.94. The van der Waals surface area contributed by atoms with Gasteiger partial charge in [-0.15, -0.1) is 0 Å². The van der Waals surface area contributed by atoms with E-state index in [-0.39, 0.29) is 17.2 Å². The Labute approximate surface area is 188 Å². The second-order valence-corrected chi connectivity index (χ2v) is 8.86. The summed E-state index contributed by atoms with van der Waals surface area (Å²) in [5.41, 5.74) is 0.810. The topological polar surface area (TPSA) is 115 Å². The SMILES string of the molecule is CNc1cc(Nc2cccn(C3[C@H]4COC[C@@H]34)c2=O)nc2c(C(=O)NC3CCC3F)cnn12. The van der Waals surface area contributed by atoms with Crippen molar-refractivity contribution in [1.82, 2.24) is 24.5 Å². The first-order chi connectivity index (χ1) is 16.0. The van der Waals surface area contributed by atoms with Gasteiger partial charge in [-0.3, -0.25) is 9.59 Å². The highest BCUT2D eigenvalue weighted by atomic mass is 19.1. The number of alkyl halides is 1. The predicted octanol–water partition coefficient (Wildman–Crippen LogP) is 1.72. The van der Waals surface area contributed by atoms with Crippen molar-refractivity contribution in [2.45, 2.75) is 31.1 Å². The van der Waals surface area contributed by atoms with E-state index in [9.17, 15) is 14.0 Å². The standard InChI is InChI=1S/C22H24FN7O3/c1-24-18-7-17(26-16-3-2-6-29(22(16)32)19-12-9-33-10-13(12)19)28-20-11(8-25-30(18)20)21(31)27-15-5-4-14(15)23/h2-3,6-8,12-15,19,24H,4-5,9-10H2,1H3,(H,26,28)(H,27,31)/t12-,13+,14?,15?,19?. The third-order valence-corrected chi connectivity index (χ3v) is 6.94. The molecule has 5 atom stereocenters. The number of halogens is 1. The van der Waals surface area contributed by atoms with Crippen molar-refractivity contribution in [3.8, 4) is 0 Å². The monoisotopic (exact) mass is 453 g/mol. The lowest BCUT2D eigenvalue weighted by molar-refractivity contribution is 0.0826. The number of ether oxygens (including phenoxy) is 1. The highest BCUT2D eigenvalue weighted by Crippen LogP contribution is 2.53. The molecule has 4 heterocycles. The van der Waals surface area contributed by atoms with Crippen LogP contribution in [-0.4, -0.2) is 57.5 Å². The molecule has 172 valence electrons. The molecule has 3 aromatic heterocycles. The number of amides is 1. The summed E-state index contributed by atoms with van der Waals surface area (Å²) >= 11 is 0. The van der Waals surface area contributed by atoms with Gasteiger partial charge in [-0.25, -0.2) is 9.37 Å². The molecule has 2 aliphatic carbocycles. The van der Waals surface area contributed by atoms with E-state index in [1.165, 1.54) is 10.7 Å². The van der Waals surface area contributed by atoms with Gasteiger partial charge >= 0.3 is 0 Å². The summed E-state index contributed by atoms with van der Waals surface area (Å²) in [6.07, 6.45) is 3.27. The number of aromatic nitrogens is 4. The van der Waals surface area contributed by atoms with Crippen LogP contribution < -0.4 is 21.5 Å². The van der Waals surface area contributed by atoms with Gasteiger partial charge in [0.2, 0.25) is 0 Å². The molecule has 1 aliphatic heterocycles. The van der Waals surface area contributed by atoms with Crippen molar-refractivity contribution >= 4 is 28.9 Å². The Morgan fingerprint density at radius 2 is 2.09 bits per heavy atom. The van der Waals surface area contributed by atoms with Gasteiger partial charge in [0.1, 0.15) is 29.1 Å². The van der Waals surface area contributed by atoms with Crippen LogP contribution in [0.4, 0.5) is 21.7 Å². The van der Waals surface area contributed by atoms with E-state index in [0.29, 0.717) is 60.9 Å². The molecule has 1 saturated heterocycles. The number of anilines is 3. The van der Waals surface area contributed by atoms with Crippen LogP contribution in [0.5, 0.6) is 0 Å². The van der Waals surface area contributed by atoms with Crippen molar-refractivity contribution < 1.29 is 13.9 Å². The largest absolute Gasteiger partial charge is 0.381 e. The molecule has 3 fully saturated rings. The van der Waals surface area contributed by atoms with Crippen LogP contribution >= 0.6 is 0 Å². The van der Waals surface area contributed by atoms with Crippen LogP contribution in [0.15, 0.2) is 35.4 Å². The minimum atomic E-state index is -1.02. The number of nitrogens with zero attached hydrogens (tertiary/aromatic N) is 4. The zero-order chi connectivity index (χ0) is 22.7. The summed E-state index contributed by atoms with van der Waals surface area (Å²) in [4.78, 5) is 30.4. The summed E-state index contributed by atoms with van der Waals surface area (Å²) in [5, 5.41) is 13.1. The first kappa shape index (κ1) is 20.2. The van der Waals surface area contributed by atoms with Gasteiger partial charge in [-0.1, -0.05) is 0 Å². The maximum Gasteiger partial charge on any atom is 0.274 e. The number of hydrogen-bond donors (Lipinski definition) is 3. The fourth-order valence-corrected chi connectivity index (χ4v) is 4.83. The van der Waals surface area contributed by atoms with E-state index in [1.807, 2.05) is 12.3 Å². The van der Waals surface area contributed by atoms with Gasteiger partial charge < -0.3 is 25.3 Å². The number of pyridine rings is 1. The number of hydrogen-bond acceptors (Lipinski definition) is 7. The first-order valence-electron chi connectivity index (χ1n) is 11.1. The van der Waals surface area contributed by atoms with Gasteiger partial charge in [0.15, 0.2) is 5.65 Å². The summed E-state index contributed by atoms with van der Waals surface area (Å²) in [5.74, 6) is 1.35. The zero-order valence-electron chi connectivity index (χ0n) is 18.0. The second kappa shape index (κ2) is 7.55. The van der Waals surface area contributed by atoms with E-state index >= 15 is 0 Å². The molecular formula is C22H24FN7O3. The van der Waals surface area contributed by atoms with Crippen LogP contribution in [0.3, 0.4) is 0 Å². The van der Waals surface area contributed by atoms with Gasteiger partial charge in [0.05, 0.1) is 25.5 Å². The van der Waals surface area contributed by atoms with E-state index in [4.69, 9.17) is 4.74 Å². The Morgan fingerprint density at radius 3 is 2.79 bits per heavy atom. The van der Waals surface area contributed by atoms with Gasteiger partial charge in [-0.2, -0.15) is 9.61 Å². The fourth-order valence-electron chi connectivity index (χ4n) is 4.83. The van der Waals surface area contributed by atoms with E-state index < -0.39 is 18.1 Å². The number of carbonyl (C=O) groups excluding carboxylic acids is 1. The van der Waals surface area contributed by atoms with Crippen molar-refractivity contribution in [3.05, 3.63) is 46.5 Å². The molecule has 2 saturated carbocycles. The van der Waals surface area contributed by atoms with Crippen LogP contribution in [0.25, 0.3) is 5.65 Å².